The summed E-state index contributed by atoms with van der Waals surface area (Å²) in [4.78, 5) is 13.5. The molecule has 0 heterocycles. The second-order valence-corrected chi connectivity index (χ2v) is 8.26. The smallest absolute Gasteiger partial charge is 0.193 e. The van der Waals surface area contributed by atoms with E-state index in [1.807, 2.05) is 31.2 Å². The molecule has 1 aliphatic carbocycles. The number of rotatable bonds is 5. The van der Waals surface area contributed by atoms with Crippen molar-refractivity contribution in [1.29, 1.82) is 0 Å². The van der Waals surface area contributed by atoms with E-state index in [2.05, 4.69) is 32.0 Å². The van der Waals surface area contributed by atoms with E-state index >= 15 is 0 Å². The molecule has 4 nitrogen and oxygen atoms in total. The second kappa shape index (κ2) is 8.10. The Morgan fingerprint density at radius 2 is 1.42 bits per heavy atom. The monoisotopic (exact) mass is 416 g/mol. The van der Waals surface area contributed by atoms with Crippen LogP contribution in [0.5, 0.6) is 17.2 Å². The standard InChI is InChI=1S/C27H28O4/c1-15-7-18(11-19(8-15)29-4)12-22-21-9-16(2)17(3)10-23(21)27(28)24-13-20(30-5)14-25(31-6)26(22)24/h7-11,13-14,22H,12H2,1-6H3. The molecule has 1 aliphatic rings. The molecule has 0 spiro atoms. The van der Waals surface area contributed by atoms with Gasteiger partial charge in [-0.2, -0.15) is 0 Å². The Morgan fingerprint density at radius 3 is 2.10 bits per heavy atom. The van der Waals surface area contributed by atoms with Gasteiger partial charge in [0.15, 0.2) is 5.78 Å². The predicted octanol–water partition coefficient (Wildman–Crippen LogP) is 5.56. The molecule has 0 bridgehead atoms. The van der Waals surface area contributed by atoms with Crippen LogP contribution in [0.15, 0.2) is 42.5 Å². The van der Waals surface area contributed by atoms with Gasteiger partial charge in [0.1, 0.15) is 17.2 Å². The number of aryl methyl sites for hydroxylation is 3. The number of hydrogen-bond donors (Lipinski definition) is 0. The summed E-state index contributed by atoms with van der Waals surface area (Å²) in [5, 5.41) is 0. The first-order valence-electron chi connectivity index (χ1n) is 10.4. The van der Waals surface area contributed by atoms with E-state index in [9.17, 15) is 4.79 Å². The van der Waals surface area contributed by atoms with Crippen LogP contribution in [0.25, 0.3) is 0 Å². The van der Waals surface area contributed by atoms with Crippen LogP contribution in [0, 0.1) is 20.8 Å². The van der Waals surface area contributed by atoms with E-state index in [1.54, 1.807) is 21.3 Å². The van der Waals surface area contributed by atoms with E-state index in [0.29, 0.717) is 17.1 Å². The molecule has 4 heteroatoms. The zero-order valence-corrected chi connectivity index (χ0v) is 19.0. The molecule has 1 unspecified atom stereocenters. The Bertz CT molecular complexity index is 1180. The number of hydrogen-bond acceptors (Lipinski definition) is 4. The van der Waals surface area contributed by atoms with Crippen molar-refractivity contribution in [2.75, 3.05) is 21.3 Å². The largest absolute Gasteiger partial charge is 0.497 e. The first-order valence-corrected chi connectivity index (χ1v) is 10.4. The molecule has 0 radical (unpaired) electrons. The fourth-order valence-electron chi connectivity index (χ4n) is 4.57. The topological polar surface area (TPSA) is 44.8 Å². The maximum Gasteiger partial charge on any atom is 0.193 e. The first kappa shape index (κ1) is 21.0. The summed E-state index contributed by atoms with van der Waals surface area (Å²) >= 11 is 0. The van der Waals surface area contributed by atoms with Crippen LogP contribution in [0.4, 0.5) is 0 Å². The van der Waals surface area contributed by atoms with Gasteiger partial charge in [-0.25, -0.2) is 0 Å². The molecule has 0 fully saturated rings. The molecule has 31 heavy (non-hydrogen) atoms. The Kier molecular flexibility index (Phi) is 5.48. The number of ketones is 1. The Balaban J connectivity index is 1.96. The third-order valence-electron chi connectivity index (χ3n) is 6.24. The molecular weight excluding hydrogens is 388 g/mol. The zero-order chi connectivity index (χ0) is 22.3. The fraction of sp³-hybridized carbons (Fsp3) is 0.296. The quantitative estimate of drug-likeness (QED) is 0.546. The van der Waals surface area contributed by atoms with Gasteiger partial charge in [0.2, 0.25) is 0 Å². The molecule has 3 aromatic carbocycles. The highest BCUT2D eigenvalue weighted by Crippen LogP contribution is 2.45. The van der Waals surface area contributed by atoms with E-state index in [0.717, 1.165) is 45.6 Å². The normalized spacial score (nSPS) is 14.6. The lowest BCUT2D eigenvalue weighted by atomic mass is 9.73. The number of ether oxygens (including phenoxy) is 3. The molecule has 1 atom stereocenters. The predicted molar refractivity (Wildman–Crippen MR) is 122 cm³/mol. The summed E-state index contributed by atoms with van der Waals surface area (Å²) in [6.45, 7) is 6.20. The van der Waals surface area contributed by atoms with Crippen LogP contribution >= 0.6 is 0 Å². The van der Waals surface area contributed by atoms with Crippen molar-refractivity contribution >= 4 is 5.78 Å². The first-order chi connectivity index (χ1) is 14.9. The molecule has 4 rings (SSSR count). The van der Waals surface area contributed by atoms with Crippen molar-refractivity contribution in [3.63, 3.8) is 0 Å². The van der Waals surface area contributed by atoms with Crippen molar-refractivity contribution < 1.29 is 19.0 Å². The summed E-state index contributed by atoms with van der Waals surface area (Å²) in [5.41, 5.74) is 7.96. The molecule has 0 amide bonds. The van der Waals surface area contributed by atoms with Crippen LogP contribution in [0.2, 0.25) is 0 Å². The maximum atomic E-state index is 13.5. The van der Waals surface area contributed by atoms with Gasteiger partial charge in [-0.1, -0.05) is 12.1 Å². The fourth-order valence-corrected chi connectivity index (χ4v) is 4.57. The van der Waals surface area contributed by atoms with Gasteiger partial charge >= 0.3 is 0 Å². The van der Waals surface area contributed by atoms with E-state index < -0.39 is 0 Å². The average molecular weight is 417 g/mol. The van der Waals surface area contributed by atoms with Gasteiger partial charge in [-0.3, -0.25) is 4.79 Å². The lowest BCUT2D eigenvalue weighted by Crippen LogP contribution is -2.22. The van der Waals surface area contributed by atoms with Crippen LogP contribution in [0.1, 0.15) is 55.2 Å². The number of methoxy groups -OCH3 is 3. The maximum absolute atomic E-state index is 13.5. The van der Waals surface area contributed by atoms with Crippen molar-refractivity contribution in [1.82, 2.24) is 0 Å². The number of carbonyl (C=O) groups is 1. The van der Waals surface area contributed by atoms with Gasteiger partial charge in [0.05, 0.1) is 21.3 Å². The van der Waals surface area contributed by atoms with Crippen LogP contribution < -0.4 is 14.2 Å². The van der Waals surface area contributed by atoms with E-state index in [1.165, 1.54) is 5.56 Å². The number of carbonyl (C=O) groups excluding carboxylic acids is 1. The lowest BCUT2D eigenvalue weighted by Gasteiger charge is -2.30. The minimum Gasteiger partial charge on any atom is -0.497 e. The SMILES string of the molecule is COc1cc(C)cc(CC2c3cc(C)c(C)cc3C(=O)c3cc(OC)cc(OC)c32)c1. The average Bonchev–Trinajstić information content (AvgIpc) is 2.76. The minimum absolute atomic E-state index is 0.0170. The number of benzene rings is 3. The zero-order valence-electron chi connectivity index (χ0n) is 19.0. The van der Waals surface area contributed by atoms with Crippen LogP contribution in [0.3, 0.4) is 0 Å². The van der Waals surface area contributed by atoms with Gasteiger partial charge in [-0.05, 0) is 79.3 Å². The summed E-state index contributed by atoms with van der Waals surface area (Å²) in [6.07, 6.45) is 0.733. The summed E-state index contributed by atoms with van der Waals surface area (Å²) < 4.78 is 16.7. The molecule has 0 N–H and O–H groups in total. The molecule has 0 saturated carbocycles. The molecular formula is C27H28O4. The summed E-state index contributed by atoms with van der Waals surface area (Å²) in [5.74, 6) is 2.13. The van der Waals surface area contributed by atoms with Gasteiger partial charge in [0, 0.05) is 28.7 Å². The molecule has 0 aliphatic heterocycles. The van der Waals surface area contributed by atoms with E-state index in [-0.39, 0.29) is 11.7 Å². The van der Waals surface area contributed by atoms with Gasteiger partial charge < -0.3 is 14.2 Å². The molecule has 0 aromatic heterocycles. The highest BCUT2D eigenvalue weighted by Gasteiger charge is 2.35. The van der Waals surface area contributed by atoms with Crippen LogP contribution in [-0.4, -0.2) is 27.1 Å². The Labute approximate surface area is 183 Å². The van der Waals surface area contributed by atoms with Crippen molar-refractivity contribution in [3.05, 3.63) is 87.0 Å². The number of fused-ring (bicyclic) bond motifs is 2. The second-order valence-electron chi connectivity index (χ2n) is 8.26. The molecule has 3 aromatic rings. The minimum atomic E-state index is -0.0191. The third kappa shape index (κ3) is 3.67. The summed E-state index contributed by atoms with van der Waals surface area (Å²) in [6, 6.07) is 14.1. The Morgan fingerprint density at radius 1 is 0.742 bits per heavy atom. The molecule has 160 valence electrons. The molecule has 0 saturated heterocycles. The van der Waals surface area contributed by atoms with E-state index in [4.69, 9.17) is 14.2 Å². The summed E-state index contributed by atoms with van der Waals surface area (Å²) in [7, 11) is 4.93. The highest BCUT2D eigenvalue weighted by atomic mass is 16.5. The lowest BCUT2D eigenvalue weighted by molar-refractivity contribution is 0.103. The third-order valence-corrected chi connectivity index (χ3v) is 6.24. The highest BCUT2D eigenvalue weighted by molar-refractivity contribution is 6.13. The van der Waals surface area contributed by atoms with Gasteiger partial charge in [-0.15, -0.1) is 0 Å². The van der Waals surface area contributed by atoms with Gasteiger partial charge in [0.25, 0.3) is 0 Å². The van der Waals surface area contributed by atoms with Crippen molar-refractivity contribution in [3.8, 4) is 17.2 Å². The van der Waals surface area contributed by atoms with Crippen molar-refractivity contribution in [2.45, 2.75) is 33.1 Å². The van der Waals surface area contributed by atoms with Crippen molar-refractivity contribution in [2.24, 2.45) is 0 Å². The Hall–Kier alpha value is -3.27. The van der Waals surface area contributed by atoms with Crippen LogP contribution in [-0.2, 0) is 6.42 Å².